The minimum absolute atomic E-state index is 0.0548. The van der Waals surface area contributed by atoms with Crippen LogP contribution in [0.5, 0.6) is 11.5 Å². The van der Waals surface area contributed by atoms with Gasteiger partial charge in [0, 0.05) is 0 Å². The lowest BCUT2D eigenvalue weighted by molar-refractivity contribution is -0.136. The summed E-state index contributed by atoms with van der Waals surface area (Å²) < 4.78 is 15.8. The van der Waals surface area contributed by atoms with E-state index in [1.807, 2.05) is 24.3 Å². The van der Waals surface area contributed by atoms with E-state index in [-0.39, 0.29) is 23.9 Å². The van der Waals surface area contributed by atoms with Gasteiger partial charge in [0.1, 0.15) is 11.5 Å². The monoisotopic (exact) mass is 370 g/mol. The van der Waals surface area contributed by atoms with Crippen molar-refractivity contribution < 1.29 is 23.8 Å². The minimum Gasteiger partial charge on any atom is -0.482 e. The lowest BCUT2D eigenvalue weighted by Gasteiger charge is -2.19. The molecule has 2 aromatic rings. The predicted octanol–water partition coefficient (Wildman–Crippen LogP) is 4.53. The van der Waals surface area contributed by atoms with Crippen LogP contribution in [0.25, 0.3) is 0 Å². The van der Waals surface area contributed by atoms with E-state index in [4.69, 9.17) is 14.2 Å². The van der Waals surface area contributed by atoms with Crippen molar-refractivity contribution in [1.82, 2.24) is 0 Å². The van der Waals surface area contributed by atoms with E-state index >= 15 is 0 Å². The van der Waals surface area contributed by atoms with Gasteiger partial charge in [0.2, 0.25) is 0 Å². The number of esters is 2. The molecule has 0 fully saturated rings. The molecule has 0 atom stereocenters. The quantitative estimate of drug-likeness (QED) is 0.552. The second-order valence-electron chi connectivity index (χ2n) is 7.52. The van der Waals surface area contributed by atoms with E-state index in [9.17, 15) is 9.59 Å². The van der Waals surface area contributed by atoms with Crippen molar-refractivity contribution in [3.63, 3.8) is 0 Å². The topological polar surface area (TPSA) is 61.8 Å². The smallest absolute Gasteiger partial charge is 0.349 e. The summed E-state index contributed by atoms with van der Waals surface area (Å²) in [6.45, 7) is 9.71. The van der Waals surface area contributed by atoms with Crippen LogP contribution >= 0.6 is 0 Å². The third-order valence-corrected chi connectivity index (χ3v) is 3.72. The molecule has 0 radical (unpaired) electrons. The van der Waals surface area contributed by atoms with Crippen molar-refractivity contribution in [1.29, 1.82) is 0 Å². The first-order valence-electron chi connectivity index (χ1n) is 8.90. The normalized spacial score (nSPS) is 11.2. The second kappa shape index (κ2) is 8.71. The van der Waals surface area contributed by atoms with E-state index in [0.717, 1.165) is 0 Å². The lowest BCUT2D eigenvalue weighted by Crippen LogP contribution is -2.18. The average Bonchev–Trinajstić information content (AvgIpc) is 2.59. The highest BCUT2D eigenvalue weighted by molar-refractivity contribution is 5.90. The zero-order valence-electron chi connectivity index (χ0n) is 16.4. The van der Waals surface area contributed by atoms with Gasteiger partial charge in [0.15, 0.2) is 6.61 Å². The van der Waals surface area contributed by atoms with E-state index in [1.165, 1.54) is 11.6 Å². The molecule has 5 heteroatoms. The highest BCUT2D eigenvalue weighted by atomic mass is 16.6. The van der Waals surface area contributed by atoms with Gasteiger partial charge in [-0.3, -0.25) is 0 Å². The van der Waals surface area contributed by atoms with Gasteiger partial charge >= 0.3 is 11.9 Å². The molecule has 0 aliphatic heterocycles. The highest BCUT2D eigenvalue weighted by Crippen LogP contribution is 2.24. The van der Waals surface area contributed by atoms with Gasteiger partial charge in [0.25, 0.3) is 0 Å². The molecule has 0 unspecified atom stereocenters. The summed E-state index contributed by atoms with van der Waals surface area (Å²) in [6, 6.07) is 13.9. The Labute approximate surface area is 160 Å². The fourth-order valence-electron chi connectivity index (χ4n) is 2.32. The number of carbonyl (C=O) groups is 2. The van der Waals surface area contributed by atoms with Crippen LogP contribution in [0.3, 0.4) is 0 Å². The number of hydrogen-bond acceptors (Lipinski definition) is 5. The van der Waals surface area contributed by atoms with Gasteiger partial charge in [0.05, 0.1) is 11.7 Å². The third-order valence-electron chi connectivity index (χ3n) is 3.72. The zero-order valence-corrected chi connectivity index (χ0v) is 16.4. The molecule has 0 saturated heterocycles. The first kappa shape index (κ1) is 20.5. The van der Waals surface area contributed by atoms with Crippen LogP contribution in [-0.2, 0) is 14.9 Å². The van der Waals surface area contributed by atoms with Crippen LogP contribution < -0.4 is 9.47 Å². The number of rotatable bonds is 6. The van der Waals surface area contributed by atoms with Gasteiger partial charge in [-0.1, -0.05) is 39.0 Å². The molecule has 0 aromatic heterocycles. The molecule has 0 bridgehead atoms. The molecule has 2 aromatic carbocycles. The van der Waals surface area contributed by atoms with Gasteiger partial charge in [-0.2, -0.15) is 0 Å². The van der Waals surface area contributed by atoms with Crippen molar-refractivity contribution in [3.8, 4) is 11.5 Å². The maximum Gasteiger partial charge on any atom is 0.349 e. The Bertz CT molecular complexity index is 785. The first-order chi connectivity index (χ1) is 12.6. The molecule has 0 N–H and O–H groups in total. The van der Waals surface area contributed by atoms with Gasteiger partial charge < -0.3 is 14.2 Å². The van der Waals surface area contributed by atoms with Crippen molar-refractivity contribution in [3.05, 3.63) is 59.7 Å². The van der Waals surface area contributed by atoms with Crippen molar-refractivity contribution in [2.24, 2.45) is 0 Å². The van der Waals surface area contributed by atoms with Crippen LogP contribution in [-0.4, -0.2) is 24.6 Å². The summed E-state index contributed by atoms with van der Waals surface area (Å²) in [5.74, 6) is -0.151. The van der Waals surface area contributed by atoms with E-state index in [1.54, 1.807) is 32.0 Å². The number of hydrogen-bond donors (Lipinski definition) is 0. The average molecular weight is 370 g/mol. The second-order valence-corrected chi connectivity index (χ2v) is 7.52. The van der Waals surface area contributed by atoms with Crippen molar-refractivity contribution in [2.75, 3.05) is 6.61 Å². The maximum absolute atomic E-state index is 12.0. The zero-order chi connectivity index (χ0) is 20.0. The first-order valence-corrected chi connectivity index (χ1v) is 8.90. The predicted molar refractivity (Wildman–Crippen MR) is 103 cm³/mol. The van der Waals surface area contributed by atoms with Gasteiger partial charge in [-0.25, -0.2) is 9.59 Å². The van der Waals surface area contributed by atoms with E-state index in [0.29, 0.717) is 11.3 Å². The van der Waals surface area contributed by atoms with Crippen molar-refractivity contribution in [2.45, 2.75) is 46.1 Å². The summed E-state index contributed by atoms with van der Waals surface area (Å²) in [7, 11) is 0. The lowest BCUT2D eigenvalue weighted by atomic mass is 9.87. The Morgan fingerprint density at radius 3 is 2.22 bits per heavy atom. The van der Waals surface area contributed by atoms with Crippen LogP contribution in [0.2, 0.25) is 0 Å². The number of benzene rings is 2. The Hall–Kier alpha value is -2.82. The fourth-order valence-corrected chi connectivity index (χ4v) is 2.32. The molecule has 5 nitrogen and oxygen atoms in total. The van der Waals surface area contributed by atoms with E-state index < -0.39 is 11.9 Å². The Balaban J connectivity index is 1.91. The Morgan fingerprint density at radius 1 is 0.963 bits per heavy atom. The molecule has 2 rings (SSSR count). The van der Waals surface area contributed by atoms with Gasteiger partial charge in [-0.05, 0) is 55.2 Å². The third kappa shape index (κ3) is 6.44. The van der Waals surface area contributed by atoms with Crippen molar-refractivity contribution >= 4 is 11.9 Å². The Morgan fingerprint density at radius 2 is 1.63 bits per heavy atom. The highest BCUT2D eigenvalue weighted by Gasteiger charge is 2.14. The molecular weight excluding hydrogens is 344 g/mol. The van der Waals surface area contributed by atoms with Crippen LogP contribution in [0.15, 0.2) is 48.5 Å². The standard InChI is InChI=1S/C22H26O5/c1-15(2)26-21(24)16-7-6-8-19(13-16)27-20(23)14-25-18-11-9-17(10-12-18)22(3,4)5/h6-13,15H,14H2,1-5H3. The van der Waals surface area contributed by atoms with Crippen LogP contribution in [0.4, 0.5) is 0 Å². The molecule has 0 heterocycles. The summed E-state index contributed by atoms with van der Waals surface area (Å²) in [5.41, 5.74) is 1.56. The molecule has 144 valence electrons. The van der Waals surface area contributed by atoms with E-state index in [2.05, 4.69) is 20.8 Å². The molecule has 0 aliphatic rings. The number of carbonyl (C=O) groups excluding carboxylic acids is 2. The van der Waals surface area contributed by atoms with Crippen LogP contribution in [0.1, 0.15) is 50.5 Å². The molecule has 0 amide bonds. The molecule has 27 heavy (non-hydrogen) atoms. The maximum atomic E-state index is 12.0. The molecule has 0 aliphatic carbocycles. The van der Waals surface area contributed by atoms with Crippen LogP contribution in [0, 0.1) is 0 Å². The Kier molecular flexibility index (Phi) is 6.61. The largest absolute Gasteiger partial charge is 0.482 e. The molecule has 0 spiro atoms. The SMILES string of the molecule is CC(C)OC(=O)c1cccc(OC(=O)COc2ccc(C(C)(C)C)cc2)c1. The summed E-state index contributed by atoms with van der Waals surface area (Å²) in [4.78, 5) is 23.9. The summed E-state index contributed by atoms with van der Waals surface area (Å²) in [6.07, 6.45) is -0.221. The molecular formula is C22H26O5. The number of ether oxygens (including phenoxy) is 3. The fraction of sp³-hybridized carbons (Fsp3) is 0.364. The minimum atomic E-state index is -0.552. The molecule has 0 saturated carbocycles. The summed E-state index contributed by atoms with van der Waals surface area (Å²) >= 11 is 0. The summed E-state index contributed by atoms with van der Waals surface area (Å²) in [5, 5.41) is 0. The van der Waals surface area contributed by atoms with Gasteiger partial charge in [-0.15, -0.1) is 0 Å².